The Morgan fingerprint density at radius 3 is 2.85 bits per heavy atom. The molecule has 0 bridgehead atoms. The molecule has 0 saturated carbocycles. The molecule has 0 saturated heterocycles. The summed E-state index contributed by atoms with van der Waals surface area (Å²) in [4.78, 5) is 16.5. The lowest BCUT2D eigenvalue weighted by Crippen LogP contribution is -2.26. The molecule has 2 aromatic rings. The number of fused-ring (bicyclic) bond motifs is 1. The summed E-state index contributed by atoms with van der Waals surface area (Å²) in [5, 5.41) is 7.77. The standard InChI is InChI=1S/C15H14N4O/c20-13-8-4-7-12-11(13)9-19-15(16-12)17-14(18-19)10-5-2-1-3-6-10/h1-3,5-6H,4,7-9H2,(H,16,17,18). The van der Waals surface area contributed by atoms with Crippen molar-refractivity contribution in [1.29, 1.82) is 0 Å². The van der Waals surface area contributed by atoms with E-state index in [4.69, 9.17) is 0 Å². The van der Waals surface area contributed by atoms with Crippen molar-refractivity contribution in [2.45, 2.75) is 25.8 Å². The highest BCUT2D eigenvalue weighted by atomic mass is 16.1. The first-order valence-electron chi connectivity index (χ1n) is 6.84. The summed E-state index contributed by atoms with van der Waals surface area (Å²) in [7, 11) is 0. The summed E-state index contributed by atoms with van der Waals surface area (Å²) in [6.45, 7) is 0.538. The van der Waals surface area contributed by atoms with E-state index in [1.165, 1.54) is 0 Å². The molecule has 20 heavy (non-hydrogen) atoms. The first-order chi connectivity index (χ1) is 9.81. The zero-order valence-electron chi connectivity index (χ0n) is 11.0. The van der Waals surface area contributed by atoms with Gasteiger partial charge in [-0.3, -0.25) is 4.79 Å². The van der Waals surface area contributed by atoms with E-state index in [2.05, 4.69) is 15.4 Å². The van der Waals surface area contributed by atoms with Gasteiger partial charge in [0.2, 0.25) is 5.95 Å². The van der Waals surface area contributed by atoms with Gasteiger partial charge in [-0.05, 0) is 12.8 Å². The van der Waals surface area contributed by atoms with Gasteiger partial charge in [0.15, 0.2) is 11.6 Å². The number of ketones is 1. The smallest absolute Gasteiger partial charge is 0.226 e. The van der Waals surface area contributed by atoms with E-state index in [0.29, 0.717) is 18.8 Å². The van der Waals surface area contributed by atoms with Crippen LogP contribution in [0, 0.1) is 0 Å². The molecule has 1 N–H and O–H groups in total. The molecule has 1 aliphatic heterocycles. The third kappa shape index (κ3) is 1.74. The van der Waals surface area contributed by atoms with E-state index in [0.717, 1.165) is 35.6 Å². The number of carbonyl (C=O) groups excluding carboxylic acids is 1. The largest absolute Gasteiger partial charge is 0.328 e. The molecule has 0 amide bonds. The van der Waals surface area contributed by atoms with E-state index < -0.39 is 0 Å². The number of allylic oxidation sites excluding steroid dienone is 2. The molecule has 0 radical (unpaired) electrons. The number of benzene rings is 1. The number of nitrogens with zero attached hydrogens (tertiary/aromatic N) is 3. The Hall–Kier alpha value is -2.43. The fourth-order valence-electron chi connectivity index (χ4n) is 2.76. The predicted octanol–water partition coefficient (Wildman–Crippen LogP) is 2.38. The molecule has 2 aliphatic rings. The Balaban J connectivity index is 1.72. The lowest BCUT2D eigenvalue weighted by atomic mass is 9.94. The number of anilines is 1. The quantitative estimate of drug-likeness (QED) is 0.861. The van der Waals surface area contributed by atoms with Crippen molar-refractivity contribution in [2.75, 3.05) is 5.32 Å². The van der Waals surface area contributed by atoms with Gasteiger partial charge in [0, 0.05) is 23.3 Å². The molecular weight excluding hydrogens is 252 g/mol. The Bertz CT molecular complexity index is 715. The normalized spacial score (nSPS) is 17.5. The molecular formula is C15H14N4O. The number of rotatable bonds is 1. The monoisotopic (exact) mass is 266 g/mol. The summed E-state index contributed by atoms with van der Waals surface area (Å²) in [6.07, 6.45) is 2.50. The highest BCUT2D eigenvalue weighted by Gasteiger charge is 2.27. The SMILES string of the molecule is O=C1CCCC2=C1Cn1nc(-c3ccccc3)nc1N2. The highest BCUT2D eigenvalue weighted by molar-refractivity contribution is 5.97. The molecule has 100 valence electrons. The number of aromatic nitrogens is 3. The average Bonchev–Trinajstić information content (AvgIpc) is 2.90. The van der Waals surface area contributed by atoms with Gasteiger partial charge in [0.25, 0.3) is 0 Å². The second-order valence-electron chi connectivity index (χ2n) is 5.14. The fourth-order valence-corrected chi connectivity index (χ4v) is 2.76. The van der Waals surface area contributed by atoms with Crippen LogP contribution in [0.4, 0.5) is 5.95 Å². The van der Waals surface area contributed by atoms with Gasteiger partial charge >= 0.3 is 0 Å². The van der Waals surface area contributed by atoms with Gasteiger partial charge in [-0.2, -0.15) is 4.98 Å². The molecule has 1 aromatic heterocycles. The maximum atomic E-state index is 12.0. The number of hydrogen-bond donors (Lipinski definition) is 1. The minimum Gasteiger partial charge on any atom is -0.328 e. The number of nitrogens with one attached hydrogen (secondary N) is 1. The molecule has 0 spiro atoms. The van der Waals surface area contributed by atoms with Crippen LogP contribution in [0.5, 0.6) is 0 Å². The second-order valence-corrected chi connectivity index (χ2v) is 5.14. The van der Waals surface area contributed by atoms with E-state index in [1.54, 1.807) is 4.68 Å². The van der Waals surface area contributed by atoms with Crippen molar-refractivity contribution in [2.24, 2.45) is 0 Å². The molecule has 0 atom stereocenters. The maximum absolute atomic E-state index is 12.0. The van der Waals surface area contributed by atoms with Gasteiger partial charge in [0.05, 0.1) is 6.54 Å². The fraction of sp³-hybridized carbons (Fsp3) is 0.267. The van der Waals surface area contributed by atoms with E-state index in [9.17, 15) is 4.79 Å². The van der Waals surface area contributed by atoms with Crippen LogP contribution in [0.3, 0.4) is 0 Å². The molecule has 5 nitrogen and oxygen atoms in total. The molecule has 1 aliphatic carbocycles. The summed E-state index contributed by atoms with van der Waals surface area (Å²) >= 11 is 0. The number of hydrogen-bond acceptors (Lipinski definition) is 4. The van der Waals surface area contributed by atoms with Crippen molar-refractivity contribution in [1.82, 2.24) is 14.8 Å². The van der Waals surface area contributed by atoms with Gasteiger partial charge < -0.3 is 5.32 Å². The molecule has 0 fully saturated rings. The van der Waals surface area contributed by atoms with Crippen LogP contribution in [0.2, 0.25) is 0 Å². The first kappa shape index (κ1) is 11.4. The predicted molar refractivity (Wildman–Crippen MR) is 75.0 cm³/mol. The highest BCUT2D eigenvalue weighted by Crippen LogP contribution is 2.30. The number of Topliss-reactive ketones (excluding diaryl/α,β-unsaturated/α-hetero) is 1. The van der Waals surface area contributed by atoms with Gasteiger partial charge in [-0.15, -0.1) is 5.10 Å². The Kier molecular flexibility index (Phi) is 2.45. The maximum Gasteiger partial charge on any atom is 0.226 e. The van der Waals surface area contributed by atoms with Crippen LogP contribution >= 0.6 is 0 Å². The lowest BCUT2D eigenvalue weighted by Gasteiger charge is -2.24. The minimum absolute atomic E-state index is 0.237. The Morgan fingerprint density at radius 1 is 1.15 bits per heavy atom. The van der Waals surface area contributed by atoms with Crippen LogP contribution in [0.1, 0.15) is 19.3 Å². The molecule has 4 rings (SSSR count). The number of carbonyl (C=O) groups is 1. The summed E-state index contributed by atoms with van der Waals surface area (Å²) in [5.41, 5.74) is 2.88. The molecule has 5 heteroatoms. The van der Waals surface area contributed by atoms with Crippen molar-refractivity contribution >= 4 is 11.7 Å². The van der Waals surface area contributed by atoms with Crippen molar-refractivity contribution in [3.05, 3.63) is 41.6 Å². The van der Waals surface area contributed by atoms with Crippen LogP contribution in [-0.2, 0) is 11.3 Å². The third-order valence-electron chi connectivity index (χ3n) is 3.81. The summed E-state index contributed by atoms with van der Waals surface area (Å²) in [6, 6.07) is 9.88. The van der Waals surface area contributed by atoms with Crippen LogP contribution < -0.4 is 5.32 Å². The lowest BCUT2D eigenvalue weighted by molar-refractivity contribution is -0.116. The van der Waals surface area contributed by atoms with E-state index in [-0.39, 0.29) is 5.78 Å². The summed E-state index contributed by atoms with van der Waals surface area (Å²) < 4.78 is 1.78. The van der Waals surface area contributed by atoms with Crippen molar-refractivity contribution < 1.29 is 4.79 Å². The van der Waals surface area contributed by atoms with Crippen LogP contribution in [0.25, 0.3) is 11.4 Å². The third-order valence-corrected chi connectivity index (χ3v) is 3.81. The minimum atomic E-state index is 0.237. The van der Waals surface area contributed by atoms with Gasteiger partial charge in [-0.25, -0.2) is 4.68 Å². The molecule has 2 heterocycles. The Labute approximate surface area is 116 Å². The van der Waals surface area contributed by atoms with Gasteiger partial charge in [-0.1, -0.05) is 30.3 Å². The van der Waals surface area contributed by atoms with Crippen LogP contribution in [0.15, 0.2) is 41.6 Å². The van der Waals surface area contributed by atoms with Gasteiger partial charge in [0.1, 0.15) is 0 Å². The Morgan fingerprint density at radius 2 is 2.00 bits per heavy atom. The molecule has 0 unspecified atom stereocenters. The zero-order chi connectivity index (χ0) is 13.5. The first-order valence-corrected chi connectivity index (χ1v) is 6.84. The van der Waals surface area contributed by atoms with Crippen molar-refractivity contribution in [3.8, 4) is 11.4 Å². The van der Waals surface area contributed by atoms with Crippen molar-refractivity contribution in [3.63, 3.8) is 0 Å². The van der Waals surface area contributed by atoms with Crippen LogP contribution in [-0.4, -0.2) is 20.5 Å². The topological polar surface area (TPSA) is 59.8 Å². The average molecular weight is 266 g/mol. The zero-order valence-corrected chi connectivity index (χ0v) is 11.0. The van der Waals surface area contributed by atoms with E-state index in [1.807, 2.05) is 30.3 Å². The van der Waals surface area contributed by atoms with E-state index >= 15 is 0 Å². The molecule has 1 aromatic carbocycles. The summed E-state index contributed by atoms with van der Waals surface area (Å²) in [5.74, 6) is 1.67. The second kappa shape index (κ2) is 4.30.